The second-order valence-electron chi connectivity index (χ2n) is 5.67. The van der Waals surface area contributed by atoms with Gasteiger partial charge in [-0.1, -0.05) is 47.5 Å². The molecule has 0 aliphatic carbocycles. The standard InChI is InChI=1S/C15H26S/c1-6-8-10-12-11-16-14(15(3,4)5)13(12)9-7-2/h11H,6-10H2,1-5H3. The van der Waals surface area contributed by atoms with E-state index in [-0.39, 0.29) is 0 Å². The molecule has 0 bridgehead atoms. The molecule has 0 saturated heterocycles. The molecule has 92 valence electrons. The Balaban J connectivity index is 2.97. The molecule has 1 rings (SSSR count). The number of rotatable bonds is 5. The topological polar surface area (TPSA) is 0 Å². The fourth-order valence-corrected chi connectivity index (χ4v) is 3.40. The van der Waals surface area contributed by atoms with Crippen LogP contribution in [0.3, 0.4) is 0 Å². The highest BCUT2D eigenvalue weighted by atomic mass is 32.1. The van der Waals surface area contributed by atoms with Crippen molar-refractivity contribution in [1.82, 2.24) is 0 Å². The highest BCUT2D eigenvalue weighted by molar-refractivity contribution is 7.10. The Morgan fingerprint density at radius 3 is 2.25 bits per heavy atom. The maximum absolute atomic E-state index is 2.40. The van der Waals surface area contributed by atoms with Gasteiger partial charge in [-0.3, -0.25) is 0 Å². The molecule has 0 atom stereocenters. The average molecular weight is 238 g/mol. The van der Waals surface area contributed by atoms with E-state index in [4.69, 9.17) is 0 Å². The third-order valence-corrected chi connectivity index (χ3v) is 4.46. The van der Waals surface area contributed by atoms with Crippen molar-refractivity contribution in [2.75, 3.05) is 0 Å². The normalized spacial score (nSPS) is 12.1. The van der Waals surface area contributed by atoms with Crippen molar-refractivity contribution in [3.63, 3.8) is 0 Å². The van der Waals surface area contributed by atoms with Crippen molar-refractivity contribution in [1.29, 1.82) is 0 Å². The van der Waals surface area contributed by atoms with Crippen LogP contribution in [0.4, 0.5) is 0 Å². The zero-order valence-corrected chi connectivity index (χ0v) is 12.3. The Hall–Kier alpha value is -0.300. The lowest BCUT2D eigenvalue weighted by atomic mass is 9.88. The molecule has 0 aliphatic heterocycles. The summed E-state index contributed by atoms with van der Waals surface area (Å²) in [4.78, 5) is 1.61. The van der Waals surface area contributed by atoms with Crippen LogP contribution in [-0.4, -0.2) is 0 Å². The van der Waals surface area contributed by atoms with Gasteiger partial charge in [0.15, 0.2) is 0 Å². The lowest BCUT2D eigenvalue weighted by Crippen LogP contribution is -2.12. The van der Waals surface area contributed by atoms with Crippen LogP contribution in [0.15, 0.2) is 5.38 Å². The van der Waals surface area contributed by atoms with Gasteiger partial charge >= 0.3 is 0 Å². The van der Waals surface area contributed by atoms with Gasteiger partial charge < -0.3 is 0 Å². The smallest absolute Gasteiger partial charge is 0.0134 e. The molecule has 0 spiro atoms. The molecule has 1 heteroatoms. The van der Waals surface area contributed by atoms with Crippen molar-refractivity contribution in [3.8, 4) is 0 Å². The lowest BCUT2D eigenvalue weighted by Gasteiger charge is -2.19. The van der Waals surface area contributed by atoms with Gasteiger partial charge in [-0.05, 0) is 41.2 Å². The summed E-state index contributed by atoms with van der Waals surface area (Å²) in [5, 5.41) is 2.40. The van der Waals surface area contributed by atoms with Crippen molar-refractivity contribution >= 4 is 11.3 Å². The van der Waals surface area contributed by atoms with Crippen LogP contribution in [-0.2, 0) is 18.3 Å². The van der Waals surface area contributed by atoms with Crippen LogP contribution in [0.25, 0.3) is 0 Å². The lowest BCUT2D eigenvalue weighted by molar-refractivity contribution is 0.594. The third kappa shape index (κ3) is 3.35. The monoisotopic (exact) mass is 238 g/mol. The Labute approximate surface area is 105 Å². The van der Waals surface area contributed by atoms with Crippen molar-refractivity contribution in [2.24, 2.45) is 0 Å². The van der Waals surface area contributed by atoms with Gasteiger partial charge in [0.1, 0.15) is 0 Å². The van der Waals surface area contributed by atoms with E-state index >= 15 is 0 Å². The summed E-state index contributed by atoms with van der Waals surface area (Å²) >= 11 is 1.97. The molecular formula is C15H26S. The number of unbranched alkanes of at least 4 members (excludes halogenated alkanes) is 1. The van der Waals surface area contributed by atoms with E-state index in [1.54, 1.807) is 16.0 Å². The van der Waals surface area contributed by atoms with E-state index in [0.29, 0.717) is 5.41 Å². The highest BCUT2D eigenvalue weighted by Crippen LogP contribution is 2.35. The Bertz CT molecular complexity index is 315. The Morgan fingerprint density at radius 2 is 1.75 bits per heavy atom. The molecule has 16 heavy (non-hydrogen) atoms. The molecule has 0 aliphatic rings. The van der Waals surface area contributed by atoms with Crippen LogP contribution in [0.5, 0.6) is 0 Å². The van der Waals surface area contributed by atoms with Crippen LogP contribution in [0.2, 0.25) is 0 Å². The van der Waals surface area contributed by atoms with Gasteiger partial charge in [0.2, 0.25) is 0 Å². The first-order valence-corrected chi connectivity index (χ1v) is 7.48. The summed E-state index contributed by atoms with van der Waals surface area (Å²) in [7, 11) is 0. The highest BCUT2D eigenvalue weighted by Gasteiger charge is 2.21. The summed E-state index contributed by atoms with van der Waals surface area (Å²) in [6.07, 6.45) is 6.43. The van der Waals surface area contributed by atoms with Gasteiger partial charge in [-0.25, -0.2) is 0 Å². The van der Waals surface area contributed by atoms with E-state index in [9.17, 15) is 0 Å². The van der Waals surface area contributed by atoms with Gasteiger partial charge in [-0.2, -0.15) is 0 Å². The zero-order chi connectivity index (χ0) is 12.2. The van der Waals surface area contributed by atoms with Crippen molar-refractivity contribution in [2.45, 2.75) is 72.1 Å². The van der Waals surface area contributed by atoms with E-state index in [1.165, 1.54) is 32.1 Å². The van der Waals surface area contributed by atoms with E-state index < -0.39 is 0 Å². The number of thiophene rings is 1. The number of hydrogen-bond acceptors (Lipinski definition) is 1. The van der Waals surface area contributed by atoms with Crippen molar-refractivity contribution in [3.05, 3.63) is 21.4 Å². The maximum Gasteiger partial charge on any atom is 0.0134 e. The molecule has 0 amide bonds. The van der Waals surface area contributed by atoms with Crippen LogP contribution in [0, 0.1) is 0 Å². The van der Waals surface area contributed by atoms with Crippen LogP contribution >= 0.6 is 11.3 Å². The fourth-order valence-electron chi connectivity index (χ4n) is 2.15. The molecule has 0 saturated carbocycles. The van der Waals surface area contributed by atoms with Gasteiger partial charge in [-0.15, -0.1) is 11.3 Å². The Morgan fingerprint density at radius 1 is 1.06 bits per heavy atom. The van der Waals surface area contributed by atoms with E-state index in [1.807, 2.05) is 11.3 Å². The quantitative estimate of drug-likeness (QED) is 0.649. The molecule has 0 fully saturated rings. The van der Waals surface area contributed by atoms with Crippen molar-refractivity contribution < 1.29 is 0 Å². The van der Waals surface area contributed by atoms with Crippen LogP contribution in [0.1, 0.15) is 69.9 Å². The largest absolute Gasteiger partial charge is 0.148 e. The second kappa shape index (κ2) is 5.86. The van der Waals surface area contributed by atoms with E-state index in [2.05, 4.69) is 40.0 Å². The van der Waals surface area contributed by atoms with Gasteiger partial charge in [0.25, 0.3) is 0 Å². The minimum absolute atomic E-state index is 0.319. The molecule has 0 nitrogen and oxygen atoms in total. The molecule has 0 aromatic carbocycles. The summed E-state index contributed by atoms with van der Waals surface area (Å²) in [6.45, 7) is 11.6. The van der Waals surface area contributed by atoms with Crippen LogP contribution < -0.4 is 0 Å². The zero-order valence-electron chi connectivity index (χ0n) is 11.5. The first-order chi connectivity index (χ1) is 7.50. The third-order valence-electron chi connectivity index (χ3n) is 2.96. The maximum atomic E-state index is 2.40. The number of aryl methyl sites for hydroxylation is 1. The molecule has 0 N–H and O–H groups in total. The first-order valence-electron chi connectivity index (χ1n) is 6.60. The summed E-state index contributed by atoms with van der Waals surface area (Å²) in [5.41, 5.74) is 3.60. The average Bonchev–Trinajstić information content (AvgIpc) is 2.58. The second-order valence-corrected chi connectivity index (χ2v) is 6.55. The first kappa shape index (κ1) is 13.8. The fraction of sp³-hybridized carbons (Fsp3) is 0.733. The summed E-state index contributed by atoms with van der Waals surface area (Å²) < 4.78 is 0. The summed E-state index contributed by atoms with van der Waals surface area (Å²) in [6, 6.07) is 0. The predicted molar refractivity (Wildman–Crippen MR) is 75.6 cm³/mol. The van der Waals surface area contributed by atoms with E-state index in [0.717, 1.165) is 0 Å². The van der Waals surface area contributed by atoms with Gasteiger partial charge in [0, 0.05) is 4.88 Å². The van der Waals surface area contributed by atoms with Gasteiger partial charge in [0.05, 0.1) is 0 Å². The molecule has 1 aromatic heterocycles. The Kier molecular flexibility index (Phi) is 5.04. The minimum Gasteiger partial charge on any atom is -0.148 e. The summed E-state index contributed by atoms with van der Waals surface area (Å²) in [5.74, 6) is 0. The molecule has 1 heterocycles. The molecule has 0 radical (unpaired) electrons. The number of hydrogen-bond donors (Lipinski definition) is 0. The molecule has 1 aromatic rings. The molecular weight excluding hydrogens is 212 g/mol. The predicted octanol–water partition coefficient (Wildman–Crippen LogP) is 5.34. The molecule has 0 unspecified atom stereocenters. The SMILES string of the molecule is CCCCc1csc(C(C)(C)C)c1CCC. The minimum atomic E-state index is 0.319.